The van der Waals surface area contributed by atoms with Crippen molar-refractivity contribution in [3.05, 3.63) is 0 Å². The molecule has 0 aromatic heterocycles. The van der Waals surface area contributed by atoms with Crippen LogP contribution in [0.5, 0.6) is 0 Å². The molecule has 1 aliphatic rings. The van der Waals surface area contributed by atoms with Crippen LogP contribution >= 0.6 is 0 Å². The number of aliphatic carboxylic acids is 1. The lowest BCUT2D eigenvalue weighted by atomic mass is 9.82. The summed E-state index contributed by atoms with van der Waals surface area (Å²) in [5.41, 5.74) is -1.82. The second-order valence-corrected chi connectivity index (χ2v) is 6.66. The number of hydrogen-bond acceptors (Lipinski definition) is 4. The molecule has 0 bridgehead atoms. The molecule has 1 rings (SSSR count). The van der Waals surface area contributed by atoms with E-state index in [9.17, 15) is 14.7 Å². The summed E-state index contributed by atoms with van der Waals surface area (Å²) in [4.78, 5) is 27.3. The third-order valence-electron chi connectivity index (χ3n) is 3.97. The number of carboxylic acids is 1. The van der Waals surface area contributed by atoms with Crippen molar-refractivity contribution in [3.8, 4) is 0 Å². The minimum absolute atomic E-state index is 0.102. The van der Waals surface area contributed by atoms with Crippen LogP contribution in [0.2, 0.25) is 0 Å². The molecule has 2 atom stereocenters. The summed E-state index contributed by atoms with van der Waals surface area (Å²) in [6.07, 6.45) is 0.213. The van der Waals surface area contributed by atoms with E-state index in [4.69, 9.17) is 4.74 Å². The van der Waals surface area contributed by atoms with Crippen LogP contribution in [0.15, 0.2) is 0 Å². The number of carbonyl (C=O) groups excluding carboxylic acids is 1. The van der Waals surface area contributed by atoms with Crippen molar-refractivity contribution in [2.24, 2.45) is 0 Å². The van der Waals surface area contributed by atoms with E-state index in [0.29, 0.717) is 19.4 Å². The lowest BCUT2D eigenvalue weighted by Gasteiger charge is -2.46. The van der Waals surface area contributed by atoms with Gasteiger partial charge in [-0.25, -0.2) is 9.59 Å². The predicted octanol–water partition coefficient (Wildman–Crippen LogP) is 1.79. The lowest BCUT2D eigenvalue weighted by molar-refractivity contribution is -0.154. The second kappa shape index (κ2) is 5.60. The quantitative estimate of drug-likeness (QED) is 0.838. The lowest BCUT2D eigenvalue weighted by Crippen LogP contribution is -2.62. The molecule has 20 heavy (non-hydrogen) atoms. The van der Waals surface area contributed by atoms with Crippen molar-refractivity contribution in [1.82, 2.24) is 9.80 Å². The van der Waals surface area contributed by atoms with Crippen LogP contribution in [0, 0.1) is 0 Å². The molecule has 0 saturated carbocycles. The standard InChI is InChI=1S/C14H26N2O4/c1-10-9-14(11(17)18,7-8-15(10)5)16(6)12(19)20-13(2,3)4/h10H,7-9H2,1-6H3,(H,17,18). The SMILES string of the molecule is CC1CC(C(=O)O)(N(C)C(=O)OC(C)(C)C)CCN1C. The number of nitrogens with zero attached hydrogens (tertiary/aromatic N) is 2. The van der Waals surface area contributed by atoms with Gasteiger partial charge in [0.2, 0.25) is 0 Å². The number of piperidine rings is 1. The molecule has 6 nitrogen and oxygen atoms in total. The third-order valence-corrected chi connectivity index (χ3v) is 3.97. The van der Waals surface area contributed by atoms with Gasteiger partial charge in [0.15, 0.2) is 0 Å². The topological polar surface area (TPSA) is 70.1 Å². The number of carboxylic acid groups (broad SMARTS) is 1. The number of amides is 1. The molecule has 116 valence electrons. The summed E-state index contributed by atoms with van der Waals surface area (Å²) in [7, 11) is 3.48. The maximum absolute atomic E-state index is 12.2. The fourth-order valence-corrected chi connectivity index (χ4v) is 2.48. The van der Waals surface area contributed by atoms with E-state index in [1.54, 1.807) is 20.8 Å². The summed E-state index contributed by atoms with van der Waals surface area (Å²) in [6, 6.07) is 0.102. The molecule has 1 saturated heterocycles. The Morgan fingerprint density at radius 1 is 1.40 bits per heavy atom. The summed E-state index contributed by atoms with van der Waals surface area (Å²) in [5.74, 6) is -0.967. The number of carbonyl (C=O) groups is 2. The summed E-state index contributed by atoms with van der Waals surface area (Å²) in [6.45, 7) is 7.91. The van der Waals surface area contributed by atoms with Gasteiger partial charge in [0.1, 0.15) is 11.1 Å². The Morgan fingerprint density at radius 2 is 1.95 bits per heavy atom. The van der Waals surface area contributed by atoms with E-state index in [0.717, 1.165) is 0 Å². The number of likely N-dealkylation sites (N-methyl/N-ethyl adjacent to an activating group) is 1. The van der Waals surface area contributed by atoms with Gasteiger partial charge in [-0.1, -0.05) is 0 Å². The van der Waals surface area contributed by atoms with Crippen molar-refractivity contribution in [3.63, 3.8) is 0 Å². The van der Waals surface area contributed by atoms with Gasteiger partial charge in [0.25, 0.3) is 0 Å². The maximum atomic E-state index is 12.2. The van der Waals surface area contributed by atoms with E-state index in [1.165, 1.54) is 11.9 Å². The second-order valence-electron chi connectivity index (χ2n) is 6.66. The van der Waals surface area contributed by atoms with E-state index in [-0.39, 0.29) is 6.04 Å². The Bertz CT molecular complexity index is 391. The fourth-order valence-electron chi connectivity index (χ4n) is 2.48. The zero-order valence-corrected chi connectivity index (χ0v) is 13.3. The van der Waals surface area contributed by atoms with Crippen molar-refractivity contribution >= 4 is 12.1 Å². The van der Waals surface area contributed by atoms with Gasteiger partial charge < -0.3 is 14.7 Å². The maximum Gasteiger partial charge on any atom is 0.410 e. The average molecular weight is 286 g/mol. The molecule has 1 N–H and O–H groups in total. The van der Waals surface area contributed by atoms with Crippen LogP contribution in [0.3, 0.4) is 0 Å². The zero-order valence-electron chi connectivity index (χ0n) is 13.3. The van der Waals surface area contributed by atoms with Gasteiger partial charge in [-0.3, -0.25) is 4.90 Å². The molecule has 0 aliphatic carbocycles. The molecular formula is C14H26N2O4. The van der Waals surface area contributed by atoms with Gasteiger partial charge in [-0.2, -0.15) is 0 Å². The van der Waals surface area contributed by atoms with E-state index in [2.05, 4.69) is 4.90 Å². The Labute approximate surface area is 120 Å². The highest BCUT2D eigenvalue weighted by Crippen LogP contribution is 2.32. The molecular weight excluding hydrogens is 260 g/mol. The summed E-state index contributed by atoms with van der Waals surface area (Å²) >= 11 is 0. The highest BCUT2D eigenvalue weighted by Gasteiger charge is 2.49. The van der Waals surface area contributed by atoms with Gasteiger partial charge in [-0.15, -0.1) is 0 Å². The number of hydrogen-bond donors (Lipinski definition) is 1. The van der Waals surface area contributed by atoms with E-state index in [1.807, 2.05) is 14.0 Å². The highest BCUT2D eigenvalue weighted by molar-refractivity contribution is 5.84. The van der Waals surface area contributed by atoms with Gasteiger partial charge in [0.05, 0.1) is 0 Å². The average Bonchev–Trinajstić information content (AvgIpc) is 2.29. The summed E-state index contributed by atoms with van der Waals surface area (Å²) < 4.78 is 5.30. The van der Waals surface area contributed by atoms with Crippen LogP contribution in [-0.4, -0.2) is 64.8 Å². The third kappa shape index (κ3) is 3.42. The number of rotatable bonds is 2. The number of ether oxygens (including phenoxy) is 1. The highest BCUT2D eigenvalue weighted by atomic mass is 16.6. The van der Waals surface area contributed by atoms with Gasteiger partial charge >= 0.3 is 12.1 Å². The van der Waals surface area contributed by atoms with Gasteiger partial charge in [-0.05, 0) is 47.6 Å². The summed E-state index contributed by atoms with van der Waals surface area (Å²) in [5, 5.41) is 9.64. The van der Waals surface area contributed by atoms with E-state index >= 15 is 0 Å². The molecule has 0 aromatic rings. The molecule has 2 unspecified atom stereocenters. The van der Waals surface area contributed by atoms with Crippen LogP contribution in [0.1, 0.15) is 40.5 Å². The molecule has 1 heterocycles. The van der Waals surface area contributed by atoms with Crippen LogP contribution < -0.4 is 0 Å². The fraction of sp³-hybridized carbons (Fsp3) is 0.857. The first kappa shape index (κ1) is 16.8. The first-order valence-corrected chi connectivity index (χ1v) is 6.90. The largest absolute Gasteiger partial charge is 0.479 e. The Kier molecular flexibility index (Phi) is 4.69. The van der Waals surface area contributed by atoms with Crippen LogP contribution in [0.25, 0.3) is 0 Å². The first-order chi connectivity index (χ1) is 8.99. The minimum Gasteiger partial charge on any atom is -0.479 e. The molecule has 0 radical (unpaired) electrons. The molecule has 1 aliphatic heterocycles. The van der Waals surface area contributed by atoms with Gasteiger partial charge in [0, 0.05) is 19.6 Å². The van der Waals surface area contributed by atoms with Crippen LogP contribution in [0.4, 0.5) is 4.79 Å². The zero-order chi connectivity index (χ0) is 15.7. The Balaban J connectivity index is 2.97. The molecule has 1 fully saturated rings. The molecule has 0 aromatic carbocycles. The number of likely N-dealkylation sites (tertiary alicyclic amines) is 1. The monoisotopic (exact) mass is 286 g/mol. The Morgan fingerprint density at radius 3 is 2.35 bits per heavy atom. The van der Waals surface area contributed by atoms with Crippen molar-refractivity contribution in [2.45, 2.75) is 57.7 Å². The minimum atomic E-state index is -1.19. The molecule has 6 heteroatoms. The smallest absolute Gasteiger partial charge is 0.410 e. The van der Waals surface area contributed by atoms with Crippen molar-refractivity contribution in [2.75, 3.05) is 20.6 Å². The van der Waals surface area contributed by atoms with Crippen LogP contribution in [-0.2, 0) is 9.53 Å². The van der Waals surface area contributed by atoms with E-state index < -0.39 is 23.2 Å². The first-order valence-electron chi connectivity index (χ1n) is 6.90. The normalized spacial score (nSPS) is 28.0. The van der Waals surface area contributed by atoms with Crippen molar-refractivity contribution in [1.29, 1.82) is 0 Å². The van der Waals surface area contributed by atoms with Crippen molar-refractivity contribution < 1.29 is 19.4 Å². The predicted molar refractivity (Wildman–Crippen MR) is 75.7 cm³/mol. The Hall–Kier alpha value is -1.30. The molecule has 0 spiro atoms. The molecule has 1 amide bonds.